The molecule has 0 spiro atoms. The van der Waals surface area contributed by atoms with Crippen LogP contribution in [-0.4, -0.2) is 11.9 Å². The van der Waals surface area contributed by atoms with Gasteiger partial charge in [-0.05, 0) is 87.5 Å². The first kappa shape index (κ1) is 23.1. The van der Waals surface area contributed by atoms with Gasteiger partial charge in [-0.3, -0.25) is 0 Å². The van der Waals surface area contributed by atoms with Crippen molar-refractivity contribution in [3.8, 4) is 0 Å². The van der Waals surface area contributed by atoms with E-state index in [1.165, 1.54) is 0 Å². The van der Waals surface area contributed by atoms with E-state index in [-0.39, 0.29) is 6.61 Å². The van der Waals surface area contributed by atoms with Gasteiger partial charge in [0.05, 0.1) is 6.61 Å². The highest BCUT2D eigenvalue weighted by Gasteiger charge is 2.00. The molecular weight excluding hydrogens is 376 g/mol. The first-order valence-electron chi connectivity index (χ1n) is 4.51. The van der Waals surface area contributed by atoms with E-state index in [2.05, 4.69) is 106 Å². The van der Waals surface area contributed by atoms with Crippen LogP contribution in [0.2, 0.25) is 0 Å². The minimum absolute atomic E-state index is 0.165. The Hall–Kier alpha value is -0.880. The molecule has 0 aromatic rings. The van der Waals surface area contributed by atoms with Crippen LogP contribution < -0.4 is 0 Å². The highest BCUT2D eigenvalue weighted by atomic mass is 18.0. The topological polar surface area (TPSA) is 214 Å². The molecule has 0 fully saturated rings. The van der Waals surface area contributed by atoms with Gasteiger partial charge in [0.1, 0.15) is 0 Å². The summed E-state index contributed by atoms with van der Waals surface area (Å²) in [6.07, 6.45) is 0. The van der Waals surface area contributed by atoms with Gasteiger partial charge in [-0.25, -0.2) is 10.1 Å². The number of rotatable bonds is 21. The van der Waals surface area contributed by atoms with Crippen molar-refractivity contribution in [1.82, 2.24) is 0 Å². The Morgan fingerprint density at radius 1 is 0.417 bits per heavy atom. The Morgan fingerprint density at radius 3 is 0.917 bits per heavy atom. The van der Waals surface area contributed by atoms with Gasteiger partial charge in [0.15, 0.2) is 0 Å². The second-order valence-electron chi connectivity index (χ2n) is 1.77. The fraction of sp³-hybridized carbons (Fsp3) is 1.00. The second-order valence-corrected chi connectivity index (χ2v) is 1.77. The molecule has 0 rings (SSSR count). The molecule has 0 saturated heterocycles. The summed E-state index contributed by atoms with van der Waals surface area (Å²) in [5, 5.41) is 77.1. The van der Waals surface area contributed by atoms with Crippen LogP contribution in [0.4, 0.5) is 0 Å². The third kappa shape index (κ3) is 21.1. The van der Waals surface area contributed by atoms with Crippen molar-refractivity contribution < 1.29 is 111 Å². The van der Waals surface area contributed by atoms with Crippen LogP contribution in [0, 0.1) is 0 Å². The molecule has 0 saturated carbocycles. The molecule has 1 N–H and O–H groups in total. The molecule has 0 aromatic heterocycles. The van der Waals surface area contributed by atoms with Crippen molar-refractivity contribution in [2.75, 3.05) is 6.61 Å². The van der Waals surface area contributed by atoms with Gasteiger partial charge in [0, 0.05) is 20.2 Å². The third-order valence-corrected chi connectivity index (χ3v) is 0.696. The van der Waals surface area contributed by atoms with E-state index in [9.17, 15) is 0 Å². The van der Waals surface area contributed by atoms with Crippen molar-refractivity contribution in [3.63, 3.8) is 0 Å². The smallest absolute Gasteiger partial charge is 0.0826 e. The number of hydrogen-bond donors (Lipinski definition) is 1. The minimum Gasteiger partial charge on any atom is -0.219 e. The monoisotopic (exact) mass is 382 g/mol. The van der Waals surface area contributed by atoms with E-state index in [4.69, 9.17) is 5.26 Å². The van der Waals surface area contributed by atoms with E-state index in [1.807, 2.05) is 0 Å². The molecular formula is C2H6O22. The fourth-order valence-electron chi connectivity index (χ4n) is 0.273. The molecule has 24 heavy (non-hydrogen) atoms. The predicted octanol–water partition coefficient (Wildman–Crippen LogP) is -0.872. The van der Waals surface area contributed by atoms with Crippen LogP contribution in [0.1, 0.15) is 6.92 Å². The predicted molar refractivity (Wildman–Crippen MR) is 36.0 cm³/mol. The van der Waals surface area contributed by atoms with Crippen LogP contribution in [0.3, 0.4) is 0 Å². The summed E-state index contributed by atoms with van der Waals surface area (Å²) in [6, 6.07) is 0. The lowest BCUT2D eigenvalue weighted by atomic mass is 10.9. The molecule has 0 aliphatic carbocycles. The summed E-state index contributed by atoms with van der Waals surface area (Å²) >= 11 is 0. The largest absolute Gasteiger partial charge is 0.219 e. The summed E-state index contributed by atoms with van der Waals surface area (Å²) in [7, 11) is 0. The molecule has 22 nitrogen and oxygen atoms in total. The number of hydrogen-bond acceptors (Lipinski definition) is 22. The third-order valence-electron chi connectivity index (χ3n) is 0.696. The van der Waals surface area contributed by atoms with Crippen molar-refractivity contribution in [2.45, 2.75) is 6.92 Å². The highest BCUT2D eigenvalue weighted by molar-refractivity contribution is 3.89. The summed E-state index contributed by atoms with van der Waals surface area (Å²) in [4.78, 5) is 4.16. The van der Waals surface area contributed by atoms with Gasteiger partial charge in [0.2, 0.25) is 0 Å². The van der Waals surface area contributed by atoms with Crippen LogP contribution >= 0.6 is 0 Å². The molecule has 0 amide bonds. The fourth-order valence-corrected chi connectivity index (χ4v) is 0.273. The zero-order valence-electron chi connectivity index (χ0n) is 10.7. The first-order valence-corrected chi connectivity index (χ1v) is 4.51. The summed E-state index contributed by atoms with van der Waals surface area (Å²) < 4.78 is 0. The quantitative estimate of drug-likeness (QED) is 0.145. The van der Waals surface area contributed by atoms with Crippen LogP contribution in [0.5, 0.6) is 0 Å². The van der Waals surface area contributed by atoms with Gasteiger partial charge >= 0.3 is 0 Å². The van der Waals surface area contributed by atoms with E-state index in [0.717, 1.165) is 0 Å². The zero-order valence-corrected chi connectivity index (χ0v) is 10.7. The van der Waals surface area contributed by atoms with Crippen molar-refractivity contribution in [2.24, 2.45) is 0 Å². The maximum atomic E-state index is 7.52. The van der Waals surface area contributed by atoms with E-state index in [1.54, 1.807) is 6.92 Å². The molecule has 22 heteroatoms. The standard InChI is InChI=1S/C2H6O22/c1-2-4-6-8-10-12-14-16-18-20-22-24-23-21-19-17-15-13-11-9-7-5-3/h3H,2H2,1H3. The average molecular weight is 382 g/mol. The molecule has 146 valence electrons. The van der Waals surface area contributed by atoms with Gasteiger partial charge in [-0.15, -0.1) is 0 Å². The van der Waals surface area contributed by atoms with Gasteiger partial charge in [0.25, 0.3) is 0 Å². The lowest BCUT2D eigenvalue weighted by Gasteiger charge is -1.99. The first-order chi connectivity index (χ1) is 11.9. The van der Waals surface area contributed by atoms with Crippen molar-refractivity contribution in [3.05, 3.63) is 0 Å². The highest BCUT2D eigenvalue weighted by Crippen LogP contribution is 1.93. The van der Waals surface area contributed by atoms with E-state index >= 15 is 0 Å². The zero-order chi connectivity index (χ0) is 17.6. The Bertz CT molecular complexity index is 184. The summed E-state index contributed by atoms with van der Waals surface area (Å²) in [5.74, 6) is 0. The molecule has 0 aliphatic heterocycles. The molecule has 0 aliphatic rings. The minimum atomic E-state index is 0.165. The Balaban J connectivity index is 2.93. The molecule has 0 aromatic carbocycles. The Kier molecular flexibility index (Phi) is 21.3. The van der Waals surface area contributed by atoms with Gasteiger partial charge in [-0.2, -0.15) is 0 Å². The summed E-state index contributed by atoms with van der Waals surface area (Å²) in [5.41, 5.74) is 0. The normalized spacial score (nSPS) is 11.2. The van der Waals surface area contributed by atoms with Crippen LogP contribution in [-0.2, 0) is 106 Å². The van der Waals surface area contributed by atoms with Crippen molar-refractivity contribution >= 4 is 0 Å². The van der Waals surface area contributed by atoms with Crippen molar-refractivity contribution in [1.29, 1.82) is 0 Å². The summed E-state index contributed by atoms with van der Waals surface area (Å²) in [6.45, 7) is 1.75. The molecule has 0 bridgehead atoms. The van der Waals surface area contributed by atoms with E-state index in [0.29, 0.717) is 0 Å². The molecule has 0 heterocycles. The Labute approximate surface area is 126 Å². The molecule has 0 unspecified atom stereocenters. The molecule has 0 atom stereocenters. The van der Waals surface area contributed by atoms with E-state index < -0.39 is 0 Å². The maximum Gasteiger partial charge on any atom is 0.0826 e. The van der Waals surface area contributed by atoms with Crippen LogP contribution in [0.25, 0.3) is 0 Å². The van der Waals surface area contributed by atoms with Crippen LogP contribution in [0.15, 0.2) is 0 Å². The maximum absolute atomic E-state index is 7.52. The second kappa shape index (κ2) is 22.1. The lowest BCUT2D eigenvalue weighted by molar-refractivity contribution is -0.897. The SMILES string of the molecule is CCOOOOOOOOOOOOOOOOOOOOOO. The van der Waals surface area contributed by atoms with Gasteiger partial charge in [-0.1, -0.05) is 0 Å². The molecule has 0 radical (unpaired) electrons. The lowest BCUT2D eigenvalue weighted by Crippen LogP contribution is -2.05. The Morgan fingerprint density at radius 2 is 0.667 bits per heavy atom. The van der Waals surface area contributed by atoms with Gasteiger partial charge < -0.3 is 0 Å². The average Bonchev–Trinajstić information content (AvgIpc) is 2.60.